The molecule has 0 radical (unpaired) electrons. The number of methoxy groups -OCH3 is 1. The summed E-state index contributed by atoms with van der Waals surface area (Å²) in [4.78, 5) is 16.9. The molecular weight excluding hydrogens is 356 g/mol. The molecule has 2 aromatic rings. The van der Waals surface area contributed by atoms with Gasteiger partial charge in [0.15, 0.2) is 0 Å². The van der Waals surface area contributed by atoms with Gasteiger partial charge in [-0.2, -0.15) is 5.10 Å². The number of carbonyl (C=O) groups excluding carboxylic acids is 1. The molecule has 3 heterocycles. The lowest BCUT2D eigenvalue weighted by Crippen LogP contribution is -2.40. The fraction of sp³-hybridized carbons (Fsp3) is 0.524. The summed E-state index contributed by atoms with van der Waals surface area (Å²) >= 11 is 0. The van der Waals surface area contributed by atoms with E-state index in [1.807, 2.05) is 23.1 Å². The largest absolute Gasteiger partial charge is 0.497 e. The predicted octanol–water partition coefficient (Wildman–Crippen LogP) is 2.27. The molecule has 2 aliphatic rings. The van der Waals surface area contributed by atoms with Gasteiger partial charge in [0.2, 0.25) is 0 Å². The van der Waals surface area contributed by atoms with Crippen molar-refractivity contribution in [1.82, 2.24) is 20.0 Å². The number of nitrogens with zero attached hydrogens (tertiary/aromatic N) is 3. The Morgan fingerprint density at radius 3 is 2.79 bits per heavy atom. The Labute approximate surface area is 165 Å². The van der Waals surface area contributed by atoms with Crippen LogP contribution in [0.15, 0.2) is 30.3 Å². The Morgan fingerprint density at radius 1 is 1.25 bits per heavy atom. The summed E-state index contributed by atoms with van der Waals surface area (Å²) in [5, 5.41) is 7.43. The van der Waals surface area contributed by atoms with Gasteiger partial charge >= 0.3 is 0 Å². The second-order valence-corrected chi connectivity index (χ2v) is 7.54. The molecule has 28 heavy (non-hydrogen) atoms. The number of nitrogens with one attached hydrogen (secondary N) is 1. The fourth-order valence-corrected chi connectivity index (χ4v) is 4.03. The predicted molar refractivity (Wildman–Crippen MR) is 106 cm³/mol. The summed E-state index contributed by atoms with van der Waals surface area (Å²) in [6.07, 6.45) is 2.26. The third-order valence-electron chi connectivity index (χ3n) is 5.63. The maximum absolute atomic E-state index is 12.6. The molecule has 1 aromatic carbocycles. The van der Waals surface area contributed by atoms with Gasteiger partial charge in [-0.3, -0.25) is 14.8 Å². The number of H-pyrrole nitrogens is 1. The normalized spacial score (nSPS) is 20.9. The zero-order valence-corrected chi connectivity index (χ0v) is 16.4. The average molecular weight is 384 g/mol. The second-order valence-electron chi connectivity index (χ2n) is 7.54. The van der Waals surface area contributed by atoms with Gasteiger partial charge in [0.1, 0.15) is 11.4 Å². The molecule has 1 atom stereocenters. The van der Waals surface area contributed by atoms with Crippen molar-refractivity contribution >= 4 is 5.91 Å². The van der Waals surface area contributed by atoms with Gasteiger partial charge in [-0.15, -0.1) is 0 Å². The first-order valence-electron chi connectivity index (χ1n) is 10.0. The first-order valence-corrected chi connectivity index (χ1v) is 10.0. The van der Waals surface area contributed by atoms with Crippen LogP contribution in [0.25, 0.3) is 0 Å². The minimum absolute atomic E-state index is 0.00306. The Hall–Kier alpha value is -2.38. The van der Waals surface area contributed by atoms with Crippen molar-refractivity contribution in [3.05, 3.63) is 47.3 Å². The monoisotopic (exact) mass is 384 g/mol. The minimum Gasteiger partial charge on any atom is -0.497 e. The number of likely N-dealkylation sites (tertiary alicyclic amines) is 1. The Balaban J connectivity index is 1.37. The number of hydrogen-bond donors (Lipinski definition) is 1. The number of aromatic nitrogens is 2. The number of amides is 1. The molecule has 2 aliphatic heterocycles. The van der Waals surface area contributed by atoms with Crippen LogP contribution in [0.1, 0.15) is 40.5 Å². The highest BCUT2D eigenvalue weighted by Crippen LogP contribution is 2.27. The number of piperidine rings is 1. The zero-order valence-electron chi connectivity index (χ0n) is 16.4. The number of hydrogen-bond acceptors (Lipinski definition) is 5. The molecule has 7 heteroatoms. The number of morpholine rings is 1. The summed E-state index contributed by atoms with van der Waals surface area (Å²) in [6, 6.07) is 10.2. The number of benzene rings is 1. The molecule has 4 rings (SSSR count). The van der Waals surface area contributed by atoms with Gasteiger partial charge in [0, 0.05) is 37.8 Å². The van der Waals surface area contributed by atoms with E-state index < -0.39 is 0 Å². The number of rotatable bonds is 5. The van der Waals surface area contributed by atoms with Crippen LogP contribution in [0.2, 0.25) is 0 Å². The average Bonchev–Trinajstić information content (AvgIpc) is 3.25. The van der Waals surface area contributed by atoms with Crippen molar-refractivity contribution in [3.63, 3.8) is 0 Å². The van der Waals surface area contributed by atoms with Crippen molar-refractivity contribution in [2.24, 2.45) is 0 Å². The number of carbonyl (C=O) groups is 1. The molecule has 1 amide bonds. The molecule has 7 nitrogen and oxygen atoms in total. The van der Waals surface area contributed by atoms with Crippen LogP contribution >= 0.6 is 0 Å². The maximum atomic E-state index is 12.6. The van der Waals surface area contributed by atoms with Crippen LogP contribution in [0.4, 0.5) is 0 Å². The van der Waals surface area contributed by atoms with Crippen LogP contribution in [0.5, 0.6) is 5.75 Å². The molecule has 0 saturated carbocycles. The lowest BCUT2D eigenvalue weighted by atomic mass is 9.94. The summed E-state index contributed by atoms with van der Waals surface area (Å²) in [5.74, 6) is 1.26. The highest BCUT2D eigenvalue weighted by Gasteiger charge is 2.26. The van der Waals surface area contributed by atoms with Crippen molar-refractivity contribution in [1.29, 1.82) is 0 Å². The van der Waals surface area contributed by atoms with Crippen LogP contribution in [0, 0.1) is 0 Å². The van der Waals surface area contributed by atoms with E-state index in [1.165, 1.54) is 5.56 Å². The smallest absolute Gasteiger partial charge is 0.274 e. The highest BCUT2D eigenvalue weighted by molar-refractivity contribution is 5.92. The first-order chi connectivity index (χ1) is 13.7. The van der Waals surface area contributed by atoms with Gasteiger partial charge < -0.3 is 14.4 Å². The molecule has 0 aliphatic carbocycles. The topological polar surface area (TPSA) is 70.7 Å². The van der Waals surface area contributed by atoms with Crippen LogP contribution in [0.3, 0.4) is 0 Å². The maximum Gasteiger partial charge on any atom is 0.274 e. The molecule has 1 aromatic heterocycles. The van der Waals surface area contributed by atoms with Gasteiger partial charge in [-0.05, 0) is 43.1 Å². The van der Waals surface area contributed by atoms with E-state index in [9.17, 15) is 4.79 Å². The van der Waals surface area contributed by atoms with E-state index >= 15 is 0 Å². The second kappa shape index (κ2) is 8.75. The van der Waals surface area contributed by atoms with Gasteiger partial charge in [0.05, 0.1) is 20.3 Å². The lowest BCUT2D eigenvalue weighted by Gasteiger charge is -2.32. The van der Waals surface area contributed by atoms with Crippen LogP contribution < -0.4 is 4.74 Å². The Kier molecular flexibility index (Phi) is 5.92. The Bertz CT molecular complexity index is 783. The fourth-order valence-electron chi connectivity index (χ4n) is 4.03. The third kappa shape index (κ3) is 4.36. The van der Waals surface area contributed by atoms with E-state index in [0.29, 0.717) is 37.9 Å². The highest BCUT2D eigenvalue weighted by atomic mass is 16.5. The standard InChI is InChI=1S/C21H28N4O3/c1-27-18-6-4-16(5-7-18)14-24-8-2-3-17(15-24)19-13-20(23-22-19)21(26)25-9-11-28-12-10-25/h4-7,13,17H,2-3,8-12,14-15H2,1H3,(H,22,23)/t17-/m1/s1. The summed E-state index contributed by atoms with van der Waals surface area (Å²) in [5.41, 5.74) is 2.87. The first kappa shape index (κ1) is 19.0. The SMILES string of the molecule is COc1ccc(CN2CCC[C@@H](c3cc(C(=O)N4CCOCC4)n[nH]3)C2)cc1. The molecule has 150 valence electrons. The molecule has 0 spiro atoms. The van der Waals surface area contributed by atoms with Crippen molar-refractivity contribution in [2.45, 2.75) is 25.3 Å². The lowest BCUT2D eigenvalue weighted by molar-refractivity contribution is 0.0299. The molecule has 0 bridgehead atoms. The van der Waals surface area contributed by atoms with Crippen molar-refractivity contribution in [3.8, 4) is 5.75 Å². The number of aromatic amines is 1. The van der Waals surface area contributed by atoms with Crippen LogP contribution in [-0.2, 0) is 11.3 Å². The van der Waals surface area contributed by atoms with Crippen molar-refractivity contribution < 1.29 is 14.3 Å². The summed E-state index contributed by atoms with van der Waals surface area (Å²) in [6.45, 7) is 5.47. The molecule has 2 saturated heterocycles. The molecule has 1 N–H and O–H groups in total. The van der Waals surface area contributed by atoms with Gasteiger partial charge in [-0.1, -0.05) is 12.1 Å². The van der Waals surface area contributed by atoms with E-state index in [0.717, 1.165) is 43.9 Å². The van der Waals surface area contributed by atoms with Gasteiger partial charge in [-0.25, -0.2) is 0 Å². The van der Waals surface area contributed by atoms with E-state index in [-0.39, 0.29) is 5.91 Å². The van der Waals surface area contributed by atoms with E-state index in [1.54, 1.807) is 7.11 Å². The third-order valence-corrected chi connectivity index (χ3v) is 5.63. The molecular formula is C21H28N4O3. The van der Waals surface area contributed by atoms with Gasteiger partial charge in [0.25, 0.3) is 5.91 Å². The molecule has 2 fully saturated rings. The quantitative estimate of drug-likeness (QED) is 0.856. The minimum atomic E-state index is -0.00306. The van der Waals surface area contributed by atoms with E-state index in [4.69, 9.17) is 9.47 Å². The van der Waals surface area contributed by atoms with Crippen LogP contribution in [-0.4, -0.2) is 72.4 Å². The number of ether oxygens (including phenoxy) is 2. The van der Waals surface area contributed by atoms with Crippen molar-refractivity contribution in [2.75, 3.05) is 46.5 Å². The Morgan fingerprint density at radius 2 is 2.04 bits per heavy atom. The molecule has 0 unspecified atom stereocenters. The summed E-state index contributed by atoms with van der Waals surface area (Å²) < 4.78 is 10.6. The zero-order chi connectivity index (χ0) is 19.3. The van der Waals surface area contributed by atoms with E-state index in [2.05, 4.69) is 27.2 Å². The summed E-state index contributed by atoms with van der Waals surface area (Å²) in [7, 11) is 1.69.